The molecule has 0 radical (unpaired) electrons. The number of nitrogens with zero attached hydrogens (tertiary/aromatic N) is 2. The maximum absolute atomic E-state index is 10.2. The van der Waals surface area contributed by atoms with Crippen molar-refractivity contribution in [1.82, 2.24) is 9.78 Å². The second-order valence-corrected chi connectivity index (χ2v) is 6.54. The van der Waals surface area contributed by atoms with E-state index in [4.69, 9.17) is 0 Å². The molecule has 21 heavy (non-hydrogen) atoms. The molecule has 0 saturated heterocycles. The molecule has 2 aromatic rings. The highest BCUT2D eigenvalue weighted by Gasteiger charge is 2.11. The maximum Gasteiger partial charge on any atom is 0.0690 e. The van der Waals surface area contributed by atoms with Crippen molar-refractivity contribution in [3.63, 3.8) is 0 Å². The monoisotopic (exact) mass is 304 g/mol. The maximum atomic E-state index is 10.2. The number of aliphatic hydroxyl groups excluding tert-OH is 1. The minimum Gasteiger partial charge on any atom is -0.392 e. The standard InChI is InChI=1S/C17H24N2OS/c1-4-14(3)19-10-9-15(18-19)11-16(20)12-21-17-8-6-5-7-13(17)2/h5-10,14,16,20H,4,11-12H2,1-3H3. The molecule has 0 spiro atoms. The summed E-state index contributed by atoms with van der Waals surface area (Å²) in [5.41, 5.74) is 2.23. The van der Waals surface area contributed by atoms with Gasteiger partial charge in [-0.3, -0.25) is 4.68 Å². The van der Waals surface area contributed by atoms with Crippen LogP contribution in [-0.2, 0) is 6.42 Å². The molecular weight excluding hydrogens is 280 g/mol. The molecule has 114 valence electrons. The summed E-state index contributed by atoms with van der Waals surface area (Å²) in [7, 11) is 0. The highest BCUT2D eigenvalue weighted by Crippen LogP contribution is 2.23. The summed E-state index contributed by atoms with van der Waals surface area (Å²) in [5.74, 6) is 0.695. The third-order valence-electron chi connectivity index (χ3n) is 3.68. The summed E-state index contributed by atoms with van der Waals surface area (Å²) >= 11 is 1.71. The van der Waals surface area contributed by atoms with E-state index in [-0.39, 0.29) is 6.10 Å². The third-order valence-corrected chi connectivity index (χ3v) is 5.00. The van der Waals surface area contributed by atoms with Gasteiger partial charge in [0, 0.05) is 29.3 Å². The molecule has 0 aliphatic heterocycles. The summed E-state index contributed by atoms with van der Waals surface area (Å²) in [6, 6.07) is 10.7. The first-order valence-electron chi connectivity index (χ1n) is 7.50. The summed E-state index contributed by atoms with van der Waals surface area (Å²) in [6.45, 7) is 6.41. The lowest BCUT2D eigenvalue weighted by Crippen LogP contribution is -2.14. The largest absolute Gasteiger partial charge is 0.392 e. The predicted octanol–water partition coefficient (Wildman–Crippen LogP) is 3.86. The summed E-state index contributed by atoms with van der Waals surface area (Å²) < 4.78 is 1.98. The van der Waals surface area contributed by atoms with Crippen LogP contribution in [0.3, 0.4) is 0 Å². The van der Waals surface area contributed by atoms with Crippen molar-refractivity contribution in [3.05, 3.63) is 47.8 Å². The average molecular weight is 304 g/mol. The molecule has 3 nitrogen and oxygen atoms in total. The van der Waals surface area contributed by atoms with Crippen LogP contribution < -0.4 is 0 Å². The summed E-state index contributed by atoms with van der Waals surface area (Å²) in [4.78, 5) is 1.24. The number of rotatable bonds is 7. The minimum atomic E-state index is -0.366. The second kappa shape index (κ2) is 7.66. The Bertz CT molecular complexity index is 567. The minimum absolute atomic E-state index is 0.366. The fourth-order valence-electron chi connectivity index (χ4n) is 2.12. The number of hydrogen-bond donors (Lipinski definition) is 1. The van der Waals surface area contributed by atoms with Crippen molar-refractivity contribution in [3.8, 4) is 0 Å². The molecule has 1 N–H and O–H groups in total. The number of aliphatic hydroxyl groups is 1. The van der Waals surface area contributed by atoms with Gasteiger partial charge in [0.1, 0.15) is 0 Å². The van der Waals surface area contributed by atoms with Crippen LogP contribution in [0.25, 0.3) is 0 Å². The van der Waals surface area contributed by atoms with Crippen LogP contribution in [0.4, 0.5) is 0 Å². The third kappa shape index (κ3) is 4.61. The Hall–Kier alpha value is -1.26. The second-order valence-electron chi connectivity index (χ2n) is 5.48. The lowest BCUT2D eigenvalue weighted by atomic mass is 10.2. The number of aromatic nitrogens is 2. The highest BCUT2D eigenvalue weighted by atomic mass is 32.2. The lowest BCUT2D eigenvalue weighted by molar-refractivity contribution is 0.198. The Morgan fingerprint density at radius 3 is 2.76 bits per heavy atom. The van der Waals surface area contributed by atoms with E-state index in [1.807, 2.05) is 29.1 Å². The Morgan fingerprint density at radius 2 is 2.05 bits per heavy atom. The molecule has 0 aliphatic rings. The van der Waals surface area contributed by atoms with Gasteiger partial charge in [-0.1, -0.05) is 25.1 Å². The number of hydrogen-bond acceptors (Lipinski definition) is 3. The van der Waals surface area contributed by atoms with Gasteiger partial charge in [0.2, 0.25) is 0 Å². The van der Waals surface area contributed by atoms with Crippen LogP contribution in [0.2, 0.25) is 0 Å². The quantitative estimate of drug-likeness (QED) is 0.789. The molecule has 2 rings (SSSR count). The van der Waals surface area contributed by atoms with Gasteiger partial charge >= 0.3 is 0 Å². The van der Waals surface area contributed by atoms with Crippen molar-refractivity contribution in [2.75, 3.05) is 5.75 Å². The fourth-order valence-corrected chi connectivity index (χ4v) is 3.08. The first-order valence-corrected chi connectivity index (χ1v) is 8.49. The van der Waals surface area contributed by atoms with Crippen molar-refractivity contribution in [2.45, 2.75) is 50.7 Å². The van der Waals surface area contributed by atoms with Gasteiger partial charge in [-0.2, -0.15) is 5.10 Å². The van der Waals surface area contributed by atoms with Crippen LogP contribution in [0.15, 0.2) is 41.4 Å². The van der Waals surface area contributed by atoms with Gasteiger partial charge in [0.15, 0.2) is 0 Å². The molecule has 0 fully saturated rings. The van der Waals surface area contributed by atoms with Crippen molar-refractivity contribution in [1.29, 1.82) is 0 Å². The molecular formula is C17H24N2OS. The van der Waals surface area contributed by atoms with Crippen LogP contribution in [0.1, 0.15) is 37.6 Å². The van der Waals surface area contributed by atoms with Crippen molar-refractivity contribution < 1.29 is 5.11 Å². The summed E-state index contributed by atoms with van der Waals surface area (Å²) in [6.07, 6.45) is 3.31. The normalized spacial score (nSPS) is 14.1. The predicted molar refractivity (Wildman–Crippen MR) is 88.8 cm³/mol. The molecule has 0 amide bonds. The van der Waals surface area contributed by atoms with E-state index in [1.54, 1.807) is 11.8 Å². The number of benzene rings is 1. The Labute approximate surface area is 131 Å². The van der Waals surface area contributed by atoms with Gasteiger partial charge in [-0.05, 0) is 38.0 Å². The zero-order valence-corrected chi connectivity index (χ0v) is 13.8. The topological polar surface area (TPSA) is 38.0 Å². The van der Waals surface area contributed by atoms with E-state index >= 15 is 0 Å². The molecule has 0 saturated carbocycles. The lowest BCUT2D eigenvalue weighted by Gasteiger charge is -2.11. The van der Waals surface area contributed by atoms with Gasteiger partial charge in [0.25, 0.3) is 0 Å². The van der Waals surface area contributed by atoms with Crippen LogP contribution in [0, 0.1) is 6.92 Å². The van der Waals surface area contributed by atoms with Crippen LogP contribution in [0.5, 0.6) is 0 Å². The molecule has 1 heterocycles. The van der Waals surface area contributed by atoms with E-state index < -0.39 is 0 Å². The average Bonchev–Trinajstić information content (AvgIpc) is 2.94. The Morgan fingerprint density at radius 1 is 1.29 bits per heavy atom. The first-order chi connectivity index (χ1) is 10.1. The SMILES string of the molecule is CCC(C)n1ccc(CC(O)CSc2ccccc2C)n1. The van der Waals surface area contributed by atoms with Crippen molar-refractivity contribution in [2.24, 2.45) is 0 Å². The van der Waals surface area contributed by atoms with Crippen LogP contribution >= 0.6 is 11.8 Å². The van der Waals surface area contributed by atoms with E-state index in [0.717, 1.165) is 12.1 Å². The molecule has 1 aromatic carbocycles. The van der Waals surface area contributed by atoms with Crippen molar-refractivity contribution >= 4 is 11.8 Å². The smallest absolute Gasteiger partial charge is 0.0690 e. The molecule has 2 unspecified atom stereocenters. The molecule has 2 atom stereocenters. The zero-order chi connectivity index (χ0) is 15.2. The van der Waals surface area contributed by atoms with E-state index in [0.29, 0.717) is 18.2 Å². The highest BCUT2D eigenvalue weighted by molar-refractivity contribution is 7.99. The van der Waals surface area contributed by atoms with Gasteiger partial charge in [-0.15, -0.1) is 11.8 Å². The number of aryl methyl sites for hydroxylation is 1. The van der Waals surface area contributed by atoms with Crippen LogP contribution in [-0.4, -0.2) is 26.7 Å². The molecule has 0 bridgehead atoms. The van der Waals surface area contributed by atoms with E-state index in [2.05, 4.69) is 38.0 Å². The molecule has 1 aromatic heterocycles. The van der Waals surface area contributed by atoms with Gasteiger partial charge in [-0.25, -0.2) is 0 Å². The Kier molecular flexibility index (Phi) is 5.88. The van der Waals surface area contributed by atoms with E-state index in [9.17, 15) is 5.11 Å². The Balaban J connectivity index is 1.86. The van der Waals surface area contributed by atoms with Gasteiger partial charge < -0.3 is 5.11 Å². The number of thioether (sulfide) groups is 1. The first kappa shape index (κ1) is 16.1. The van der Waals surface area contributed by atoms with E-state index in [1.165, 1.54) is 10.5 Å². The fraction of sp³-hybridized carbons (Fsp3) is 0.471. The molecule has 0 aliphatic carbocycles. The zero-order valence-electron chi connectivity index (χ0n) is 13.0. The summed E-state index contributed by atoms with van der Waals surface area (Å²) in [5, 5.41) is 14.7. The molecule has 4 heteroatoms. The van der Waals surface area contributed by atoms with Gasteiger partial charge in [0.05, 0.1) is 11.8 Å².